The molecule has 0 bridgehead atoms. The van der Waals surface area contributed by atoms with Gasteiger partial charge in [-0.15, -0.1) is 0 Å². The van der Waals surface area contributed by atoms with Gasteiger partial charge < -0.3 is 19.9 Å². The second-order valence-electron chi connectivity index (χ2n) is 4.74. The third-order valence-electron chi connectivity index (χ3n) is 3.40. The van der Waals surface area contributed by atoms with Crippen LogP contribution < -0.4 is 5.73 Å². The van der Waals surface area contributed by atoms with E-state index in [0.29, 0.717) is 19.8 Å². The van der Waals surface area contributed by atoms with E-state index >= 15 is 0 Å². The molecule has 0 radical (unpaired) electrons. The molecule has 1 aromatic carbocycles. The molecule has 2 aliphatic heterocycles. The molecule has 4 nitrogen and oxygen atoms in total. The molecular formula is C13H16FNO3. The SMILES string of the molecule is N[C@H]1CO[C@H]2[C@@H]1OC[C@H]2OCc1cccc(F)c1. The van der Waals surface area contributed by atoms with Crippen LogP contribution in [0, 0.1) is 5.82 Å². The zero-order chi connectivity index (χ0) is 12.5. The van der Waals surface area contributed by atoms with Crippen molar-refractivity contribution in [3.63, 3.8) is 0 Å². The number of hydrogen-bond acceptors (Lipinski definition) is 4. The van der Waals surface area contributed by atoms with Crippen molar-refractivity contribution in [1.29, 1.82) is 0 Å². The minimum absolute atomic E-state index is 0.0671. The molecule has 0 amide bonds. The summed E-state index contributed by atoms with van der Waals surface area (Å²) in [6.07, 6.45) is -0.275. The predicted octanol–water partition coefficient (Wildman–Crippen LogP) is 0.836. The molecule has 0 aliphatic carbocycles. The number of halogens is 1. The smallest absolute Gasteiger partial charge is 0.123 e. The number of ether oxygens (including phenoxy) is 3. The van der Waals surface area contributed by atoms with Gasteiger partial charge >= 0.3 is 0 Å². The lowest BCUT2D eigenvalue weighted by Gasteiger charge is -2.16. The van der Waals surface area contributed by atoms with Gasteiger partial charge in [-0.2, -0.15) is 0 Å². The quantitative estimate of drug-likeness (QED) is 0.867. The lowest BCUT2D eigenvalue weighted by molar-refractivity contribution is -0.0390. The molecule has 2 aliphatic rings. The predicted molar refractivity (Wildman–Crippen MR) is 62.4 cm³/mol. The average molecular weight is 253 g/mol. The molecule has 0 spiro atoms. The molecule has 2 heterocycles. The first-order chi connectivity index (χ1) is 8.74. The van der Waals surface area contributed by atoms with E-state index in [4.69, 9.17) is 19.9 Å². The second-order valence-corrected chi connectivity index (χ2v) is 4.74. The number of rotatable bonds is 3. The van der Waals surface area contributed by atoms with E-state index in [0.717, 1.165) is 5.56 Å². The van der Waals surface area contributed by atoms with Gasteiger partial charge in [0.1, 0.15) is 24.1 Å². The molecule has 3 rings (SSSR count). The topological polar surface area (TPSA) is 53.7 Å². The Morgan fingerprint density at radius 2 is 2.11 bits per heavy atom. The Hall–Kier alpha value is -1.01. The Balaban J connectivity index is 1.58. The van der Waals surface area contributed by atoms with Crippen molar-refractivity contribution in [2.75, 3.05) is 13.2 Å². The van der Waals surface area contributed by atoms with E-state index in [1.807, 2.05) is 6.07 Å². The van der Waals surface area contributed by atoms with Gasteiger partial charge in [-0.05, 0) is 17.7 Å². The van der Waals surface area contributed by atoms with E-state index in [1.54, 1.807) is 6.07 Å². The van der Waals surface area contributed by atoms with Crippen molar-refractivity contribution in [3.8, 4) is 0 Å². The summed E-state index contributed by atoms with van der Waals surface area (Å²) in [6, 6.07) is 6.31. The fourth-order valence-corrected chi connectivity index (χ4v) is 2.47. The van der Waals surface area contributed by atoms with Crippen LogP contribution in [0.2, 0.25) is 0 Å². The monoisotopic (exact) mass is 253 g/mol. The van der Waals surface area contributed by atoms with Crippen LogP contribution in [0.15, 0.2) is 24.3 Å². The minimum Gasteiger partial charge on any atom is -0.371 e. The van der Waals surface area contributed by atoms with E-state index in [9.17, 15) is 4.39 Å². The van der Waals surface area contributed by atoms with Crippen LogP contribution in [0.5, 0.6) is 0 Å². The summed E-state index contributed by atoms with van der Waals surface area (Å²) in [5.74, 6) is -0.254. The van der Waals surface area contributed by atoms with Gasteiger partial charge in [-0.1, -0.05) is 12.1 Å². The summed E-state index contributed by atoms with van der Waals surface area (Å²) >= 11 is 0. The highest BCUT2D eigenvalue weighted by molar-refractivity contribution is 5.15. The zero-order valence-electron chi connectivity index (χ0n) is 9.92. The summed E-state index contributed by atoms with van der Waals surface area (Å²) in [6.45, 7) is 1.35. The highest BCUT2D eigenvalue weighted by Gasteiger charge is 2.46. The highest BCUT2D eigenvalue weighted by atomic mass is 19.1. The van der Waals surface area contributed by atoms with Crippen molar-refractivity contribution >= 4 is 0 Å². The third-order valence-corrected chi connectivity index (χ3v) is 3.40. The van der Waals surface area contributed by atoms with Crippen LogP contribution in [0.1, 0.15) is 5.56 Å². The average Bonchev–Trinajstić information content (AvgIpc) is 2.91. The summed E-state index contributed by atoms with van der Waals surface area (Å²) < 4.78 is 29.9. The van der Waals surface area contributed by atoms with Crippen LogP contribution in [0.25, 0.3) is 0 Å². The van der Waals surface area contributed by atoms with Crippen molar-refractivity contribution in [2.45, 2.75) is 31.0 Å². The molecular weight excluding hydrogens is 237 g/mol. The Kier molecular flexibility index (Phi) is 3.30. The van der Waals surface area contributed by atoms with E-state index in [-0.39, 0.29) is 30.2 Å². The lowest BCUT2D eigenvalue weighted by atomic mass is 10.1. The highest BCUT2D eigenvalue weighted by Crippen LogP contribution is 2.28. The van der Waals surface area contributed by atoms with Gasteiger partial charge in [-0.25, -0.2) is 4.39 Å². The van der Waals surface area contributed by atoms with Crippen molar-refractivity contribution < 1.29 is 18.6 Å². The maximum Gasteiger partial charge on any atom is 0.123 e. The molecule has 2 saturated heterocycles. The summed E-state index contributed by atoms with van der Waals surface area (Å²) in [4.78, 5) is 0. The number of nitrogens with two attached hydrogens (primary N) is 1. The van der Waals surface area contributed by atoms with Crippen molar-refractivity contribution in [3.05, 3.63) is 35.6 Å². The van der Waals surface area contributed by atoms with Gasteiger partial charge in [0.15, 0.2) is 0 Å². The normalized spacial score (nSPS) is 34.8. The molecule has 98 valence electrons. The van der Waals surface area contributed by atoms with E-state index in [1.165, 1.54) is 12.1 Å². The van der Waals surface area contributed by atoms with Gasteiger partial charge in [0, 0.05) is 0 Å². The molecule has 0 unspecified atom stereocenters. The number of fused-ring (bicyclic) bond motifs is 1. The molecule has 2 fully saturated rings. The Bertz CT molecular complexity index is 428. The molecule has 0 aromatic heterocycles. The van der Waals surface area contributed by atoms with Crippen LogP contribution in [-0.2, 0) is 20.8 Å². The maximum atomic E-state index is 13.0. The van der Waals surface area contributed by atoms with Crippen molar-refractivity contribution in [1.82, 2.24) is 0 Å². The molecule has 2 N–H and O–H groups in total. The maximum absolute atomic E-state index is 13.0. The lowest BCUT2D eigenvalue weighted by Crippen LogP contribution is -2.37. The van der Waals surface area contributed by atoms with Gasteiger partial charge in [0.2, 0.25) is 0 Å². The molecule has 5 heteroatoms. The standard InChI is InChI=1S/C13H16FNO3/c14-9-3-1-2-8(4-9)5-16-11-7-18-12-10(15)6-17-13(11)12/h1-4,10-13H,5-7,15H2/t10-,11+,12+,13+/m0/s1. The Morgan fingerprint density at radius 1 is 1.28 bits per heavy atom. The van der Waals surface area contributed by atoms with Crippen LogP contribution in [0.4, 0.5) is 4.39 Å². The van der Waals surface area contributed by atoms with E-state index in [2.05, 4.69) is 0 Å². The number of hydrogen-bond donors (Lipinski definition) is 1. The largest absolute Gasteiger partial charge is 0.371 e. The third kappa shape index (κ3) is 2.27. The molecule has 4 atom stereocenters. The second kappa shape index (κ2) is 4.93. The first-order valence-electron chi connectivity index (χ1n) is 6.09. The van der Waals surface area contributed by atoms with Gasteiger partial charge in [0.25, 0.3) is 0 Å². The van der Waals surface area contributed by atoms with Crippen LogP contribution in [0.3, 0.4) is 0 Å². The first kappa shape index (κ1) is 12.0. The summed E-state index contributed by atoms with van der Waals surface area (Å²) in [7, 11) is 0. The number of benzene rings is 1. The molecule has 18 heavy (non-hydrogen) atoms. The fraction of sp³-hybridized carbons (Fsp3) is 0.538. The summed E-state index contributed by atoms with van der Waals surface area (Å²) in [5.41, 5.74) is 6.66. The molecule has 1 aromatic rings. The zero-order valence-corrected chi connectivity index (χ0v) is 9.92. The van der Waals surface area contributed by atoms with Crippen molar-refractivity contribution in [2.24, 2.45) is 5.73 Å². The Morgan fingerprint density at radius 3 is 2.94 bits per heavy atom. The first-order valence-corrected chi connectivity index (χ1v) is 6.09. The van der Waals surface area contributed by atoms with Gasteiger partial charge in [-0.3, -0.25) is 0 Å². The molecule has 0 saturated carbocycles. The van der Waals surface area contributed by atoms with Crippen LogP contribution in [-0.4, -0.2) is 37.6 Å². The Labute approximate surface area is 105 Å². The van der Waals surface area contributed by atoms with Crippen LogP contribution >= 0.6 is 0 Å². The minimum atomic E-state index is -0.254. The van der Waals surface area contributed by atoms with E-state index < -0.39 is 0 Å². The van der Waals surface area contributed by atoms with Gasteiger partial charge in [0.05, 0.1) is 25.9 Å². The summed E-state index contributed by atoms with van der Waals surface area (Å²) in [5, 5.41) is 0. The fourth-order valence-electron chi connectivity index (χ4n) is 2.47.